The van der Waals surface area contributed by atoms with Crippen LogP contribution in [0.1, 0.15) is 18.7 Å². The lowest BCUT2D eigenvalue weighted by molar-refractivity contribution is -0.315. The van der Waals surface area contributed by atoms with Gasteiger partial charge in [-0.3, -0.25) is 9.78 Å². The molecule has 0 aromatic carbocycles. The van der Waals surface area contributed by atoms with Crippen LogP contribution in [0.4, 0.5) is 5.95 Å². The largest absolute Gasteiger partial charge is 0.394 e. The van der Waals surface area contributed by atoms with Crippen molar-refractivity contribution in [3.63, 3.8) is 0 Å². The molecule has 1 aliphatic rings. The van der Waals surface area contributed by atoms with Gasteiger partial charge in [0.05, 0.1) is 24.6 Å². The number of fused-ring (bicyclic) bond motifs is 1. The lowest BCUT2D eigenvalue weighted by Gasteiger charge is -2.40. The first kappa shape index (κ1) is 20.5. The topological polar surface area (TPSA) is 217 Å². The number of rotatable bonds is 5. The van der Waals surface area contributed by atoms with E-state index in [1.54, 1.807) is 0 Å². The van der Waals surface area contributed by atoms with E-state index in [1.807, 2.05) is 0 Å². The highest BCUT2D eigenvalue weighted by Crippen LogP contribution is 2.26. The minimum Gasteiger partial charge on any atom is -0.394 e. The van der Waals surface area contributed by atoms with Crippen molar-refractivity contribution in [3.8, 4) is 0 Å². The first-order valence-electron chi connectivity index (χ1n) is 8.39. The van der Waals surface area contributed by atoms with Gasteiger partial charge in [0.15, 0.2) is 17.5 Å². The second-order valence-corrected chi connectivity index (χ2v) is 6.40. The highest BCUT2D eigenvalue weighted by Gasteiger charge is 2.45. The van der Waals surface area contributed by atoms with Crippen LogP contribution in [-0.2, 0) is 9.47 Å². The first-order chi connectivity index (χ1) is 13.2. The van der Waals surface area contributed by atoms with Crippen LogP contribution in [0.3, 0.4) is 0 Å². The van der Waals surface area contributed by atoms with Crippen molar-refractivity contribution in [1.29, 1.82) is 0 Å². The highest BCUT2D eigenvalue weighted by molar-refractivity contribution is 5.69. The summed E-state index contributed by atoms with van der Waals surface area (Å²) in [6.45, 7) is 0.820. The van der Waals surface area contributed by atoms with Crippen LogP contribution in [0.5, 0.6) is 0 Å². The number of nitrogen functional groups attached to an aromatic ring is 1. The number of aromatic amines is 1. The SMILES string of the molecule is C[C@@H](O[C@H]1O[C@H](CO)[C@@H](O)[C@H](O)[C@H]1O)[C@@H](O)c1cnc2nc(N)[nH]c(=O)c2n1. The van der Waals surface area contributed by atoms with Crippen LogP contribution in [-0.4, -0.2) is 88.9 Å². The molecule has 0 unspecified atom stereocenters. The molecule has 0 bridgehead atoms. The Labute approximate surface area is 157 Å². The third-order valence-corrected chi connectivity index (χ3v) is 4.40. The Hall–Kier alpha value is -2.26. The number of aliphatic hydroxyl groups excluding tert-OH is 5. The van der Waals surface area contributed by atoms with Gasteiger partial charge in [-0.05, 0) is 6.92 Å². The Kier molecular flexibility index (Phi) is 5.85. The minimum atomic E-state index is -1.62. The second kappa shape index (κ2) is 8.00. The van der Waals surface area contributed by atoms with Gasteiger partial charge >= 0.3 is 0 Å². The van der Waals surface area contributed by atoms with E-state index in [9.17, 15) is 30.3 Å². The Balaban J connectivity index is 1.78. The number of aliphatic hydroxyl groups is 5. The number of hydrogen-bond acceptors (Lipinski definition) is 12. The van der Waals surface area contributed by atoms with Gasteiger partial charge in [0.25, 0.3) is 5.56 Å². The zero-order valence-electron chi connectivity index (χ0n) is 14.7. The number of H-pyrrole nitrogens is 1. The lowest BCUT2D eigenvalue weighted by Crippen LogP contribution is -2.59. The zero-order valence-corrected chi connectivity index (χ0v) is 14.7. The molecule has 154 valence electrons. The van der Waals surface area contributed by atoms with Crippen molar-refractivity contribution in [3.05, 3.63) is 22.2 Å². The van der Waals surface area contributed by atoms with E-state index in [-0.39, 0.29) is 22.8 Å². The fourth-order valence-corrected chi connectivity index (χ4v) is 2.80. The van der Waals surface area contributed by atoms with E-state index in [1.165, 1.54) is 13.1 Å². The Morgan fingerprint density at radius 1 is 1.29 bits per heavy atom. The summed E-state index contributed by atoms with van der Waals surface area (Å²) >= 11 is 0. The molecule has 7 atom stereocenters. The molecule has 1 fully saturated rings. The van der Waals surface area contributed by atoms with Crippen molar-refractivity contribution in [2.45, 2.75) is 49.8 Å². The number of nitrogens with one attached hydrogen (secondary N) is 1. The Morgan fingerprint density at radius 3 is 2.68 bits per heavy atom. The van der Waals surface area contributed by atoms with Crippen molar-refractivity contribution < 1.29 is 35.0 Å². The molecule has 3 rings (SSSR count). The van der Waals surface area contributed by atoms with Crippen molar-refractivity contribution >= 4 is 17.1 Å². The summed E-state index contributed by atoms with van der Waals surface area (Å²) in [7, 11) is 0. The van der Waals surface area contributed by atoms with Crippen LogP contribution in [0, 0.1) is 0 Å². The number of nitrogens with two attached hydrogens (primary N) is 1. The maximum Gasteiger partial charge on any atom is 0.280 e. The molecule has 3 heterocycles. The third kappa shape index (κ3) is 3.81. The van der Waals surface area contributed by atoms with E-state index in [4.69, 9.17) is 15.2 Å². The van der Waals surface area contributed by atoms with Gasteiger partial charge in [0.2, 0.25) is 5.95 Å². The molecule has 1 aliphatic heterocycles. The number of anilines is 1. The second-order valence-electron chi connectivity index (χ2n) is 6.40. The third-order valence-electron chi connectivity index (χ3n) is 4.40. The standard InChI is InChI=1S/C15H21N5O8/c1-4(27-14-11(25)10(24)9(23)6(3-21)28-14)8(22)5-2-17-12-7(18-5)13(26)20-15(16)19-12/h2,4,6,8-11,14,21-25H,3H2,1H3,(H3,16,17,19,20,26)/t4-,6-,8-,9-,10+,11-,14+/m1/s1. The summed E-state index contributed by atoms with van der Waals surface area (Å²) in [5, 5.41) is 49.3. The highest BCUT2D eigenvalue weighted by atomic mass is 16.7. The van der Waals surface area contributed by atoms with Gasteiger partial charge in [-0.2, -0.15) is 4.98 Å². The summed E-state index contributed by atoms with van der Waals surface area (Å²) < 4.78 is 10.7. The normalized spacial score (nSPS) is 30.3. The van der Waals surface area contributed by atoms with E-state index in [0.717, 1.165) is 0 Å². The monoisotopic (exact) mass is 399 g/mol. The fourth-order valence-electron chi connectivity index (χ4n) is 2.80. The number of aromatic nitrogens is 4. The van der Waals surface area contributed by atoms with E-state index in [2.05, 4.69) is 19.9 Å². The predicted molar refractivity (Wildman–Crippen MR) is 91.6 cm³/mol. The minimum absolute atomic E-state index is 0.000273. The van der Waals surface area contributed by atoms with Gasteiger partial charge in [-0.15, -0.1) is 0 Å². The number of ether oxygens (including phenoxy) is 2. The molecule has 2 aromatic heterocycles. The van der Waals surface area contributed by atoms with Crippen LogP contribution in [0.25, 0.3) is 11.2 Å². The van der Waals surface area contributed by atoms with Crippen LogP contribution in [0.15, 0.2) is 11.0 Å². The molecule has 0 radical (unpaired) electrons. The maximum atomic E-state index is 11.9. The van der Waals surface area contributed by atoms with Gasteiger partial charge in [-0.1, -0.05) is 0 Å². The zero-order chi connectivity index (χ0) is 20.6. The Bertz CT molecular complexity index is 892. The summed E-state index contributed by atoms with van der Waals surface area (Å²) in [5.41, 5.74) is 4.66. The summed E-state index contributed by atoms with van der Waals surface area (Å²) in [6, 6.07) is 0. The molecule has 13 nitrogen and oxygen atoms in total. The maximum absolute atomic E-state index is 11.9. The van der Waals surface area contributed by atoms with Crippen molar-refractivity contribution in [2.75, 3.05) is 12.3 Å². The van der Waals surface area contributed by atoms with E-state index < -0.39 is 55.1 Å². The molecular weight excluding hydrogens is 378 g/mol. The molecular formula is C15H21N5O8. The van der Waals surface area contributed by atoms with Crippen LogP contribution < -0.4 is 11.3 Å². The smallest absolute Gasteiger partial charge is 0.280 e. The summed E-state index contributed by atoms with van der Waals surface area (Å²) in [6.07, 6.45) is -8.58. The van der Waals surface area contributed by atoms with Crippen molar-refractivity contribution in [2.24, 2.45) is 0 Å². The molecule has 13 heteroatoms. The average molecular weight is 399 g/mol. The molecule has 28 heavy (non-hydrogen) atoms. The Morgan fingerprint density at radius 2 is 2.00 bits per heavy atom. The molecule has 2 aromatic rings. The number of hydrogen-bond donors (Lipinski definition) is 7. The molecule has 8 N–H and O–H groups in total. The van der Waals surface area contributed by atoms with Gasteiger partial charge in [0.1, 0.15) is 30.5 Å². The van der Waals surface area contributed by atoms with Crippen molar-refractivity contribution in [1.82, 2.24) is 19.9 Å². The van der Waals surface area contributed by atoms with Crippen LogP contribution >= 0.6 is 0 Å². The fraction of sp³-hybridized carbons (Fsp3) is 0.600. The molecule has 0 spiro atoms. The molecule has 0 saturated carbocycles. The number of nitrogens with zero attached hydrogens (tertiary/aromatic N) is 3. The first-order valence-corrected chi connectivity index (χ1v) is 8.39. The molecule has 0 aliphatic carbocycles. The average Bonchev–Trinajstić information content (AvgIpc) is 2.67. The van der Waals surface area contributed by atoms with Gasteiger partial charge < -0.3 is 40.7 Å². The molecule has 1 saturated heterocycles. The van der Waals surface area contributed by atoms with E-state index >= 15 is 0 Å². The summed E-state index contributed by atoms with van der Waals surface area (Å²) in [5.74, 6) is -0.126. The quantitative estimate of drug-likeness (QED) is 0.261. The van der Waals surface area contributed by atoms with E-state index in [0.29, 0.717) is 0 Å². The summed E-state index contributed by atoms with van der Waals surface area (Å²) in [4.78, 5) is 26.0. The van der Waals surface area contributed by atoms with Gasteiger partial charge in [-0.25, -0.2) is 9.97 Å². The predicted octanol–water partition coefficient (Wildman–Crippen LogP) is -3.47. The van der Waals surface area contributed by atoms with Crippen LogP contribution in [0.2, 0.25) is 0 Å². The molecule has 0 amide bonds. The van der Waals surface area contributed by atoms with Gasteiger partial charge in [0, 0.05) is 0 Å². The lowest BCUT2D eigenvalue weighted by atomic mass is 9.99.